The fraction of sp³-hybridized carbons (Fsp3) is 0.500. The highest BCUT2D eigenvalue weighted by Crippen LogP contribution is 2.25. The van der Waals surface area contributed by atoms with Crippen molar-refractivity contribution >= 4 is 17.4 Å². The van der Waals surface area contributed by atoms with Crippen molar-refractivity contribution in [2.75, 3.05) is 33.4 Å². The summed E-state index contributed by atoms with van der Waals surface area (Å²) in [6.45, 7) is 5.05. The molecule has 0 spiro atoms. The lowest BCUT2D eigenvalue weighted by atomic mass is 10.0. The molecule has 1 aromatic carbocycles. The molecule has 1 aliphatic rings. The minimum Gasteiger partial charge on any atom is -0.496 e. The molecule has 1 atom stereocenters. The van der Waals surface area contributed by atoms with Gasteiger partial charge in [0.05, 0.1) is 19.3 Å². The molecule has 1 unspecified atom stereocenters. The van der Waals surface area contributed by atoms with Crippen LogP contribution < -0.4 is 4.74 Å². The average Bonchev–Trinajstić information content (AvgIpc) is 2.46. The van der Waals surface area contributed by atoms with Gasteiger partial charge in [-0.15, -0.1) is 0 Å². The Kier molecular flexibility index (Phi) is 4.80. The van der Waals surface area contributed by atoms with Crippen LogP contribution >= 0.6 is 11.6 Å². The normalized spacial score (nSPS) is 20.3. The maximum absolute atomic E-state index is 12.5. The van der Waals surface area contributed by atoms with Crippen molar-refractivity contribution in [3.05, 3.63) is 28.8 Å². The Morgan fingerprint density at radius 1 is 1.58 bits per heavy atom. The summed E-state index contributed by atoms with van der Waals surface area (Å²) in [7, 11) is 1.54. The molecule has 104 valence electrons. The molecule has 1 aromatic rings. The second-order valence-corrected chi connectivity index (χ2v) is 4.90. The number of benzene rings is 1. The van der Waals surface area contributed by atoms with Crippen LogP contribution in [0.2, 0.25) is 5.02 Å². The fourth-order valence-corrected chi connectivity index (χ4v) is 2.37. The first-order valence-electron chi connectivity index (χ1n) is 6.37. The number of carbonyl (C=O) groups excluding carboxylic acids is 1. The highest BCUT2D eigenvalue weighted by atomic mass is 35.5. The summed E-state index contributed by atoms with van der Waals surface area (Å²) < 4.78 is 10.8. The number of morpholine rings is 1. The van der Waals surface area contributed by atoms with E-state index < -0.39 is 6.10 Å². The van der Waals surface area contributed by atoms with E-state index in [0.717, 1.165) is 13.1 Å². The van der Waals surface area contributed by atoms with Crippen molar-refractivity contribution in [1.29, 1.82) is 0 Å². The zero-order chi connectivity index (χ0) is 13.8. The molecule has 0 bridgehead atoms. The summed E-state index contributed by atoms with van der Waals surface area (Å²) in [5.74, 6) is 0.462. The van der Waals surface area contributed by atoms with Gasteiger partial charge in [-0.1, -0.05) is 18.5 Å². The molecule has 0 amide bonds. The van der Waals surface area contributed by atoms with Gasteiger partial charge in [0.15, 0.2) is 5.78 Å². The predicted octanol–water partition coefficient (Wildman–Crippen LogP) is 2.25. The first-order chi connectivity index (χ1) is 9.15. The van der Waals surface area contributed by atoms with Crippen molar-refractivity contribution in [2.24, 2.45) is 0 Å². The SMILES string of the molecule is CCN1CCOC(C(=O)c2cc(Cl)ccc2OC)C1. The highest BCUT2D eigenvalue weighted by Gasteiger charge is 2.28. The number of likely N-dealkylation sites (N-methyl/N-ethyl adjacent to an activating group) is 1. The van der Waals surface area contributed by atoms with E-state index in [1.807, 2.05) is 0 Å². The topological polar surface area (TPSA) is 38.8 Å². The molecule has 5 heteroatoms. The third-order valence-electron chi connectivity index (χ3n) is 3.32. The van der Waals surface area contributed by atoms with Crippen LogP contribution in [-0.4, -0.2) is 50.1 Å². The average molecular weight is 284 g/mol. The lowest BCUT2D eigenvalue weighted by Gasteiger charge is -2.31. The summed E-state index contributed by atoms with van der Waals surface area (Å²) >= 11 is 5.95. The zero-order valence-electron chi connectivity index (χ0n) is 11.2. The van der Waals surface area contributed by atoms with Crippen molar-refractivity contribution < 1.29 is 14.3 Å². The van der Waals surface area contributed by atoms with Gasteiger partial charge in [0, 0.05) is 18.1 Å². The van der Waals surface area contributed by atoms with Crippen LogP contribution in [-0.2, 0) is 4.74 Å². The third-order valence-corrected chi connectivity index (χ3v) is 3.55. The van der Waals surface area contributed by atoms with E-state index in [-0.39, 0.29) is 5.78 Å². The van der Waals surface area contributed by atoms with Gasteiger partial charge in [0.2, 0.25) is 0 Å². The summed E-state index contributed by atoms with van der Waals surface area (Å²) in [6.07, 6.45) is -0.443. The van der Waals surface area contributed by atoms with E-state index in [1.165, 1.54) is 0 Å². The summed E-state index contributed by atoms with van der Waals surface area (Å²) in [5.41, 5.74) is 0.484. The molecule has 0 aromatic heterocycles. The van der Waals surface area contributed by atoms with Crippen LogP contribution in [0.5, 0.6) is 5.75 Å². The Balaban J connectivity index is 2.21. The van der Waals surface area contributed by atoms with Crippen LogP contribution in [0.1, 0.15) is 17.3 Å². The Morgan fingerprint density at radius 3 is 3.05 bits per heavy atom. The second-order valence-electron chi connectivity index (χ2n) is 4.46. The quantitative estimate of drug-likeness (QED) is 0.795. The number of nitrogens with zero attached hydrogens (tertiary/aromatic N) is 1. The number of rotatable bonds is 4. The standard InChI is InChI=1S/C14H18ClNO3/c1-3-16-6-7-19-13(9-16)14(17)11-8-10(15)4-5-12(11)18-2/h4-5,8,13H,3,6-7,9H2,1-2H3. The van der Waals surface area contributed by atoms with Crippen LogP contribution in [0.25, 0.3) is 0 Å². The maximum Gasteiger partial charge on any atom is 0.196 e. The van der Waals surface area contributed by atoms with Gasteiger partial charge < -0.3 is 9.47 Å². The summed E-state index contributed by atoms with van der Waals surface area (Å²) in [5, 5.41) is 0.521. The number of carbonyl (C=O) groups is 1. The molecule has 1 fully saturated rings. The Bertz CT molecular complexity index is 464. The lowest BCUT2D eigenvalue weighted by molar-refractivity contribution is -0.0149. The molecule has 2 rings (SSSR count). The molecule has 19 heavy (non-hydrogen) atoms. The molecular weight excluding hydrogens is 266 g/mol. The molecular formula is C14H18ClNO3. The predicted molar refractivity (Wildman–Crippen MR) is 74.2 cm³/mol. The summed E-state index contributed by atoms with van der Waals surface area (Å²) in [6, 6.07) is 5.05. The first-order valence-corrected chi connectivity index (χ1v) is 6.75. The van der Waals surface area contributed by atoms with Gasteiger partial charge in [-0.25, -0.2) is 0 Å². The van der Waals surface area contributed by atoms with E-state index in [1.54, 1.807) is 25.3 Å². The van der Waals surface area contributed by atoms with Gasteiger partial charge in [0.1, 0.15) is 11.9 Å². The fourth-order valence-electron chi connectivity index (χ4n) is 2.19. The third kappa shape index (κ3) is 3.26. The van der Waals surface area contributed by atoms with Crippen LogP contribution in [0.3, 0.4) is 0 Å². The van der Waals surface area contributed by atoms with Crippen molar-refractivity contribution in [3.8, 4) is 5.75 Å². The van der Waals surface area contributed by atoms with E-state index in [9.17, 15) is 4.79 Å². The molecule has 1 saturated heterocycles. The maximum atomic E-state index is 12.5. The van der Waals surface area contributed by atoms with E-state index in [4.69, 9.17) is 21.1 Å². The van der Waals surface area contributed by atoms with E-state index in [0.29, 0.717) is 29.5 Å². The lowest BCUT2D eigenvalue weighted by Crippen LogP contribution is -2.45. The van der Waals surface area contributed by atoms with Gasteiger partial charge >= 0.3 is 0 Å². The number of methoxy groups -OCH3 is 1. The minimum atomic E-state index is -0.443. The number of Topliss-reactive ketones (excluding diaryl/α,β-unsaturated/α-hetero) is 1. The molecule has 4 nitrogen and oxygen atoms in total. The van der Waals surface area contributed by atoms with Crippen molar-refractivity contribution in [2.45, 2.75) is 13.0 Å². The van der Waals surface area contributed by atoms with Gasteiger partial charge in [0.25, 0.3) is 0 Å². The molecule has 0 saturated carbocycles. The van der Waals surface area contributed by atoms with E-state index in [2.05, 4.69) is 11.8 Å². The first kappa shape index (κ1) is 14.3. The summed E-state index contributed by atoms with van der Waals surface area (Å²) in [4.78, 5) is 14.7. The van der Waals surface area contributed by atoms with E-state index >= 15 is 0 Å². The monoisotopic (exact) mass is 283 g/mol. The highest BCUT2D eigenvalue weighted by molar-refractivity contribution is 6.31. The van der Waals surface area contributed by atoms with Crippen LogP contribution in [0.4, 0.5) is 0 Å². The van der Waals surface area contributed by atoms with Crippen LogP contribution in [0, 0.1) is 0 Å². The van der Waals surface area contributed by atoms with Gasteiger partial charge in [-0.05, 0) is 24.7 Å². The molecule has 0 aliphatic carbocycles. The van der Waals surface area contributed by atoms with Crippen LogP contribution in [0.15, 0.2) is 18.2 Å². The number of ether oxygens (including phenoxy) is 2. The number of ketones is 1. The smallest absolute Gasteiger partial charge is 0.196 e. The van der Waals surface area contributed by atoms with Crippen molar-refractivity contribution in [3.63, 3.8) is 0 Å². The Labute approximate surface area is 118 Å². The second kappa shape index (κ2) is 6.37. The molecule has 0 radical (unpaired) electrons. The number of halogens is 1. The number of hydrogen-bond donors (Lipinski definition) is 0. The zero-order valence-corrected chi connectivity index (χ0v) is 11.9. The Morgan fingerprint density at radius 2 is 2.37 bits per heavy atom. The largest absolute Gasteiger partial charge is 0.496 e. The Hall–Kier alpha value is -1.10. The number of hydrogen-bond acceptors (Lipinski definition) is 4. The van der Waals surface area contributed by atoms with Gasteiger partial charge in [-0.3, -0.25) is 9.69 Å². The molecule has 1 aliphatic heterocycles. The van der Waals surface area contributed by atoms with Gasteiger partial charge in [-0.2, -0.15) is 0 Å². The van der Waals surface area contributed by atoms with Crippen molar-refractivity contribution in [1.82, 2.24) is 4.90 Å². The minimum absolute atomic E-state index is 0.0718. The molecule has 1 heterocycles. The molecule has 0 N–H and O–H groups in total.